The molecule has 2 rings (SSSR count). The van der Waals surface area contributed by atoms with Gasteiger partial charge in [-0.25, -0.2) is 4.98 Å². The molecule has 2 aromatic rings. The lowest BCUT2D eigenvalue weighted by Crippen LogP contribution is -1.97. The minimum atomic E-state index is 0.246. The Balaban J connectivity index is 2.11. The monoisotopic (exact) mass is 313 g/mol. The quantitative estimate of drug-likeness (QED) is 0.620. The molecule has 0 unspecified atom stereocenters. The lowest BCUT2D eigenvalue weighted by atomic mass is 10.3. The van der Waals surface area contributed by atoms with Crippen molar-refractivity contribution in [1.29, 1.82) is 0 Å². The van der Waals surface area contributed by atoms with Gasteiger partial charge in [0.15, 0.2) is 5.15 Å². The molecule has 0 aliphatic carbocycles. The normalized spacial score (nSPS) is 10.5. The Bertz CT molecular complexity index is 563. The molecule has 0 bridgehead atoms. The van der Waals surface area contributed by atoms with Gasteiger partial charge in [0, 0.05) is 10.6 Å². The molecule has 0 atom stereocenters. The highest BCUT2D eigenvalue weighted by atomic mass is 35.5. The van der Waals surface area contributed by atoms with Crippen molar-refractivity contribution in [2.45, 2.75) is 18.2 Å². The second kappa shape index (κ2) is 6.98. The molecule has 0 radical (unpaired) electrons. The first-order valence-electron chi connectivity index (χ1n) is 5.87. The predicted molar refractivity (Wildman–Crippen MR) is 82.8 cm³/mol. The molecule has 1 aromatic carbocycles. The number of benzene rings is 1. The fourth-order valence-corrected chi connectivity index (χ4v) is 2.46. The molecule has 6 heteroatoms. The van der Waals surface area contributed by atoms with Crippen molar-refractivity contribution in [3.05, 3.63) is 40.6 Å². The summed E-state index contributed by atoms with van der Waals surface area (Å²) in [6.45, 7) is 2.17. The molecule has 0 amide bonds. The fourth-order valence-electron chi connectivity index (χ4n) is 1.42. The summed E-state index contributed by atoms with van der Waals surface area (Å²) in [7, 11) is 0. The van der Waals surface area contributed by atoms with Crippen molar-refractivity contribution >= 4 is 46.6 Å². The molecular formula is C13H13Cl2N3S. The smallest absolute Gasteiger partial charge is 0.228 e. The van der Waals surface area contributed by atoms with Crippen molar-refractivity contribution in [3.63, 3.8) is 0 Å². The Kier molecular flexibility index (Phi) is 5.31. The van der Waals surface area contributed by atoms with Gasteiger partial charge in [-0.1, -0.05) is 36.2 Å². The molecule has 100 valence electrons. The van der Waals surface area contributed by atoms with Crippen molar-refractivity contribution in [2.75, 3.05) is 11.1 Å². The summed E-state index contributed by atoms with van der Waals surface area (Å²) >= 11 is 13.5. The number of nitrogens with one attached hydrogen (secondary N) is 1. The van der Waals surface area contributed by atoms with Crippen molar-refractivity contribution in [3.8, 4) is 0 Å². The third kappa shape index (κ3) is 4.27. The number of hydrogen-bond acceptors (Lipinski definition) is 4. The highest BCUT2D eigenvalue weighted by molar-refractivity contribution is 7.99. The van der Waals surface area contributed by atoms with Crippen LogP contribution in [0, 0.1) is 0 Å². The van der Waals surface area contributed by atoms with Crippen molar-refractivity contribution < 1.29 is 0 Å². The second-order valence-electron chi connectivity index (χ2n) is 3.83. The van der Waals surface area contributed by atoms with Gasteiger partial charge in [0.1, 0.15) is 0 Å². The summed E-state index contributed by atoms with van der Waals surface area (Å²) in [4.78, 5) is 9.36. The van der Waals surface area contributed by atoms with Crippen LogP contribution in [0.1, 0.15) is 13.3 Å². The van der Waals surface area contributed by atoms with Gasteiger partial charge in [0.25, 0.3) is 0 Å². The Morgan fingerprint density at radius 3 is 2.89 bits per heavy atom. The number of rotatable bonds is 5. The first-order chi connectivity index (χ1) is 9.19. The van der Waals surface area contributed by atoms with Crippen LogP contribution in [0.3, 0.4) is 0 Å². The lowest BCUT2D eigenvalue weighted by Gasteiger charge is -2.07. The summed E-state index contributed by atoms with van der Waals surface area (Å²) in [5.74, 6) is 1.54. The van der Waals surface area contributed by atoms with E-state index >= 15 is 0 Å². The van der Waals surface area contributed by atoms with Crippen LogP contribution in [-0.2, 0) is 0 Å². The average Bonchev–Trinajstić information content (AvgIpc) is 2.41. The maximum absolute atomic E-state index is 5.85. The highest BCUT2D eigenvalue weighted by Crippen LogP contribution is 2.25. The van der Waals surface area contributed by atoms with Gasteiger partial charge in [-0.15, -0.1) is 11.8 Å². The van der Waals surface area contributed by atoms with Crippen molar-refractivity contribution in [2.24, 2.45) is 0 Å². The van der Waals surface area contributed by atoms with Gasteiger partial charge < -0.3 is 5.32 Å². The minimum absolute atomic E-state index is 0.246. The van der Waals surface area contributed by atoms with E-state index in [9.17, 15) is 0 Å². The van der Waals surface area contributed by atoms with Gasteiger partial charge in [-0.05, 0) is 30.4 Å². The number of anilines is 2. The van der Waals surface area contributed by atoms with E-state index in [1.54, 1.807) is 0 Å². The standard InChI is InChI=1S/C13H13Cl2N3S/c1-2-6-19-10-5-3-4-9(7-10)17-13-16-8-11(14)12(15)18-13/h3-5,7-8H,2,6H2,1H3,(H,16,17,18). The molecule has 0 spiro atoms. The SMILES string of the molecule is CCCSc1cccc(Nc2ncc(Cl)c(Cl)n2)c1. The number of aromatic nitrogens is 2. The average molecular weight is 314 g/mol. The van der Waals surface area contributed by atoms with Gasteiger partial charge in [0.2, 0.25) is 5.95 Å². The molecular weight excluding hydrogens is 301 g/mol. The summed E-state index contributed by atoms with van der Waals surface area (Å²) in [6, 6.07) is 8.10. The first kappa shape index (κ1) is 14.4. The highest BCUT2D eigenvalue weighted by Gasteiger charge is 2.03. The first-order valence-corrected chi connectivity index (χ1v) is 7.61. The maximum atomic E-state index is 5.85. The molecule has 0 fully saturated rings. The van der Waals surface area contributed by atoms with E-state index in [-0.39, 0.29) is 5.15 Å². The van der Waals surface area contributed by atoms with E-state index in [4.69, 9.17) is 23.2 Å². The minimum Gasteiger partial charge on any atom is -0.324 e. The van der Waals surface area contributed by atoms with E-state index in [2.05, 4.69) is 34.3 Å². The predicted octanol–water partition coefficient (Wildman–Crippen LogP) is 5.03. The number of hydrogen-bond donors (Lipinski definition) is 1. The molecule has 0 aliphatic heterocycles. The van der Waals surface area contributed by atoms with Crippen LogP contribution in [-0.4, -0.2) is 15.7 Å². The molecule has 0 aliphatic rings. The Labute approximate surface area is 126 Å². The largest absolute Gasteiger partial charge is 0.324 e. The summed E-state index contributed by atoms with van der Waals surface area (Å²) in [6.07, 6.45) is 2.63. The Morgan fingerprint density at radius 2 is 2.16 bits per heavy atom. The van der Waals surface area contributed by atoms with Gasteiger partial charge in [-0.2, -0.15) is 4.98 Å². The third-order valence-electron chi connectivity index (χ3n) is 2.26. The molecule has 0 saturated carbocycles. The third-order valence-corrected chi connectivity index (χ3v) is 4.13. The number of thioether (sulfide) groups is 1. The van der Waals surface area contributed by atoms with Crippen LogP contribution in [0.4, 0.5) is 11.6 Å². The fraction of sp³-hybridized carbons (Fsp3) is 0.231. The van der Waals surface area contributed by atoms with Gasteiger partial charge >= 0.3 is 0 Å². The molecule has 1 N–H and O–H groups in total. The second-order valence-corrected chi connectivity index (χ2v) is 5.77. The molecule has 1 aromatic heterocycles. The topological polar surface area (TPSA) is 37.8 Å². The molecule has 1 heterocycles. The van der Waals surface area contributed by atoms with E-state index < -0.39 is 0 Å². The van der Waals surface area contributed by atoms with Gasteiger partial charge in [-0.3, -0.25) is 0 Å². The Morgan fingerprint density at radius 1 is 1.32 bits per heavy atom. The van der Waals surface area contributed by atoms with E-state index in [0.29, 0.717) is 11.0 Å². The van der Waals surface area contributed by atoms with E-state index in [0.717, 1.165) is 17.9 Å². The van der Waals surface area contributed by atoms with Crippen LogP contribution in [0.2, 0.25) is 10.2 Å². The maximum Gasteiger partial charge on any atom is 0.228 e. The van der Waals surface area contributed by atoms with Gasteiger partial charge in [0.05, 0.1) is 11.2 Å². The van der Waals surface area contributed by atoms with Crippen LogP contribution in [0.15, 0.2) is 35.4 Å². The van der Waals surface area contributed by atoms with Crippen LogP contribution in [0.5, 0.6) is 0 Å². The molecule has 0 saturated heterocycles. The van der Waals surface area contributed by atoms with Crippen LogP contribution in [0.25, 0.3) is 0 Å². The number of nitrogens with zero attached hydrogens (tertiary/aromatic N) is 2. The zero-order valence-corrected chi connectivity index (χ0v) is 12.7. The van der Waals surface area contributed by atoms with Crippen LogP contribution >= 0.6 is 35.0 Å². The summed E-state index contributed by atoms with van der Waals surface area (Å²) in [5, 5.41) is 3.70. The summed E-state index contributed by atoms with van der Waals surface area (Å²) < 4.78 is 0. The van der Waals surface area contributed by atoms with E-state index in [1.165, 1.54) is 11.1 Å². The molecule has 3 nitrogen and oxygen atoms in total. The van der Waals surface area contributed by atoms with E-state index in [1.807, 2.05) is 23.9 Å². The van der Waals surface area contributed by atoms with Crippen LogP contribution < -0.4 is 5.32 Å². The lowest BCUT2D eigenvalue weighted by molar-refractivity contribution is 1.10. The zero-order valence-electron chi connectivity index (χ0n) is 10.4. The zero-order chi connectivity index (χ0) is 13.7. The summed E-state index contributed by atoms with van der Waals surface area (Å²) in [5.41, 5.74) is 0.930. The molecule has 19 heavy (non-hydrogen) atoms. The number of halogens is 2. The van der Waals surface area contributed by atoms with Crippen molar-refractivity contribution in [1.82, 2.24) is 9.97 Å². The Hall–Kier alpha value is -0.970.